The second-order valence-corrected chi connectivity index (χ2v) is 4.72. The molecule has 0 atom stereocenters. The first kappa shape index (κ1) is 14.3. The van der Waals surface area contributed by atoms with Gasteiger partial charge >= 0.3 is 0 Å². The second-order valence-electron chi connectivity index (χ2n) is 4.72. The summed E-state index contributed by atoms with van der Waals surface area (Å²) in [7, 11) is 4.04. The number of pyridine rings is 2. The summed E-state index contributed by atoms with van der Waals surface area (Å²) >= 11 is 0. The van der Waals surface area contributed by atoms with Gasteiger partial charge in [0.05, 0.1) is 0 Å². The second kappa shape index (κ2) is 7.45. The largest absolute Gasteiger partial charge is 0.476 e. The first-order valence-corrected chi connectivity index (χ1v) is 6.61. The van der Waals surface area contributed by atoms with Crippen molar-refractivity contribution in [2.24, 2.45) is 0 Å². The van der Waals surface area contributed by atoms with Gasteiger partial charge in [0, 0.05) is 31.5 Å². The maximum absolute atomic E-state index is 5.61. The fraction of sp³-hybridized carbons (Fsp3) is 0.333. The van der Waals surface area contributed by atoms with Gasteiger partial charge in [-0.05, 0) is 37.9 Å². The van der Waals surface area contributed by atoms with Crippen LogP contribution < -0.4 is 10.1 Å². The monoisotopic (exact) mass is 272 g/mol. The zero-order valence-electron chi connectivity index (χ0n) is 11.9. The number of rotatable bonds is 7. The molecule has 2 rings (SSSR count). The SMILES string of the molecule is CN(C)CCOc1cc(CNc2ccccn2)ccn1. The molecule has 5 nitrogen and oxygen atoms in total. The van der Waals surface area contributed by atoms with Gasteiger partial charge in [-0.2, -0.15) is 0 Å². The van der Waals surface area contributed by atoms with Gasteiger partial charge in [-0.15, -0.1) is 0 Å². The van der Waals surface area contributed by atoms with Crippen LogP contribution in [0.2, 0.25) is 0 Å². The third-order valence-corrected chi connectivity index (χ3v) is 2.73. The van der Waals surface area contributed by atoms with E-state index in [0.717, 1.165) is 17.9 Å². The average Bonchev–Trinajstić information content (AvgIpc) is 2.46. The molecule has 106 valence electrons. The summed E-state index contributed by atoms with van der Waals surface area (Å²) in [6.07, 6.45) is 3.53. The summed E-state index contributed by atoms with van der Waals surface area (Å²) in [5.74, 6) is 1.52. The van der Waals surface area contributed by atoms with E-state index in [0.29, 0.717) is 19.0 Å². The molecular formula is C15H20N4O. The Hall–Kier alpha value is -2.14. The van der Waals surface area contributed by atoms with Gasteiger partial charge in [0.2, 0.25) is 5.88 Å². The lowest BCUT2D eigenvalue weighted by atomic mass is 10.2. The Morgan fingerprint density at radius 1 is 1.15 bits per heavy atom. The summed E-state index contributed by atoms with van der Waals surface area (Å²) in [4.78, 5) is 10.5. The molecule has 0 aliphatic rings. The predicted molar refractivity (Wildman–Crippen MR) is 79.8 cm³/mol. The van der Waals surface area contributed by atoms with E-state index in [4.69, 9.17) is 4.74 Å². The molecule has 5 heteroatoms. The zero-order chi connectivity index (χ0) is 14.2. The van der Waals surface area contributed by atoms with E-state index in [9.17, 15) is 0 Å². The Morgan fingerprint density at radius 3 is 2.80 bits per heavy atom. The topological polar surface area (TPSA) is 50.3 Å². The van der Waals surface area contributed by atoms with E-state index < -0.39 is 0 Å². The van der Waals surface area contributed by atoms with Gasteiger partial charge in [-0.3, -0.25) is 0 Å². The van der Waals surface area contributed by atoms with E-state index in [1.165, 1.54) is 0 Å². The van der Waals surface area contributed by atoms with E-state index in [1.54, 1.807) is 12.4 Å². The van der Waals surface area contributed by atoms with Crippen LogP contribution in [0.5, 0.6) is 5.88 Å². The van der Waals surface area contributed by atoms with Crippen molar-refractivity contribution in [1.29, 1.82) is 0 Å². The van der Waals surface area contributed by atoms with Crippen molar-refractivity contribution in [1.82, 2.24) is 14.9 Å². The Bertz CT molecular complexity index is 516. The van der Waals surface area contributed by atoms with E-state index >= 15 is 0 Å². The Kier molecular flexibility index (Phi) is 5.32. The lowest BCUT2D eigenvalue weighted by molar-refractivity contribution is 0.253. The highest BCUT2D eigenvalue weighted by Crippen LogP contribution is 2.11. The molecule has 0 saturated carbocycles. The molecule has 0 unspecified atom stereocenters. The number of nitrogens with one attached hydrogen (secondary N) is 1. The smallest absolute Gasteiger partial charge is 0.213 e. The van der Waals surface area contributed by atoms with Crippen molar-refractivity contribution < 1.29 is 4.74 Å². The van der Waals surface area contributed by atoms with Crippen molar-refractivity contribution >= 4 is 5.82 Å². The fourth-order valence-corrected chi connectivity index (χ4v) is 1.63. The van der Waals surface area contributed by atoms with Crippen LogP contribution in [0.25, 0.3) is 0 Å². The molecule has 0 amide bonds. The van der Waals surface area contributed by atoms with Crippen molar-refractivity contribution in [3.8, 4) is 5.88 Å². The predicted octanol–water partition coefficient (Wildman–Crippen LogP) is 2.03. The summed E-state index contributed by atoms with van der Waals surface area (Å²) in [6.45, 7) is 2.21. The third-order valence-electron chi connectivity index (χ3n) is 2.73. The molecule has 0 fully saturated rings. The highest BCUT2D eigenvalue weighted by molar-refractivity contribution is 5.35. The van der Waals surface area contributed by atoms with E-state index in [1.807, 2.05) is 44.4 Å². The maximum Gasteiger partial charge on any atom is 0.213 e. The van der Waals surface area contributed by atoms with Gasteiger partial charge in [-0.25, -0.2) is 9.97 Å². The fourth-order valence-electron chi connectivity index (χ4n) is 1.63. The lowest BCUT2D eigenvalue weighted by Gasteiger charge is -2.11. The molecule has 0 radical (unpaired) electrons. The molecule has 2 aromatic heterocycles. The number of anilines is 1. The summed E-state index contributed by atoms with van der Waals surface area (Å²) in [5.41, 5.74) is 1.12. The van der Waals surface area contributed by atoms with Crippen LogP contribution in [-0.2, 0) is 6.54 Å². The van der Waals surface area contributed by atoms with E-state index in [2.05, 4.69) is 20.2 Å². The minimum Gasteiger partial charge on any atom is -0.476 e. The lowest BCUT2D eigenvalue weighted by Crippen LogP contribution is -2.19. The number of ether oxygens (including phenoxy) is 1. The number of hydrogen-bond acceptors (Lipinski definition) is 5. The van der Waals surface area contributed by atoms with Gasteiger partial charge < -0.3 is 15.0 Å². The van der Waals surface area contributed by atoms with E-state index in [-0.39, 0.29) is 0 Å². The molecule has 1 N–H and O–H groups in total. The van der Waals surface area contributed by atoms with Crippen molar-refractivity contribution in [2.75, 3.05) is 32.6 Å². The summed E-state index contributed by atoms with van der Waals surface area (Å²) < 4.78 is 5.61. The first-order chi connectivity index (χ1) is 9.74. The van der Waals surface area contributed by atoms with Gasteiger partial charge in [-0.1, -0.05) is 6.07 Å². The van der Waals surface area contributed by atoms with Gasteiger partial charge in [0.1, 0.15) is 12.4 Å². The van der Waals surface area contributed by atoms with Crippen LogP contribution in [0.15, 0.2) is 42.7 Å². The molecule has 2 heterocycles. The minimum absolute atomic E-state index is 0.636. The minimum atomic E-state index is 0.636. The quantitative estimate of drug-likeness (QED) is 0.835. The van der Waals surface area contributed by atoms with Crippen LogP contribution in [-0.4, -0.2) is 42.1 Å². The highest BCUT2D eigenvalue weighted by Gasteiger charge is 2.00. The number of hydrogen-bond donors (Lipinski definition) is 1. The standard InChI is InChI=1S/C15H20N4O/c1-19(2)9-10-20-15-11-13(6-8-17-15)12-18-14-5-3-4-7-16-14/h3-8,11H,9-10,12H2,1-2H3,(H,16,18). The highest BCUT2D eigenvalue weighted by atomic mass is 16.5. The molecule has 0 spiro atoms. The molecule has 0 aliphatic heterocycles. The molecule has 0 aromatic carbocycles. The summed E-state index contributed by atoms with van der Waals surface area (Å²) in [5, 5.41) is 3.26. The molecule has 0 bridgehead atoms. The summed E-state index contributed by atoms with van der Waals surface area (Å²) in [6, 6.07) is 9.71. The Morgan fingerprint density at radius 2 is 2.05 bits per heavy atom. The molecule has 0 aliphatic carbocycles. The van der Waals surface area contributed by atoms with Gasteiger partial charge in [0.25, 0.3) is 0 Å². The third kappa shape index (κ3) is 4.85. The van der Waals surface area contributed by atoms with Crippen molar-refractivity contribution in [2.45, 2.75) is 6.54 Å². The molecule has 20 heavy (non-hydrogen) atoms. The van der Waals surface area contributed by atoms with Crippen molar-refractivity contribution in [3.63, 3.8) is 0 Å². The van der Waals surface area contributed by atoms with Gasteiger partial charge in [0.15, 0.2) is 0 Å². The Balaban J connectivity index is 1.86. The Labute approximate surface area is 119 Å². The van der Waals surface area contributed by atoms with Crippen LogP contribution >= 0.6 is 0 Å². The number of nitrogens with zero attached hydrogens (tertiary/aromatic N) is 3. The molecule has 2 aromatic rings. The normalized spacial score (nSPS) is 10.6. The average molecular weight is 272 g/mol. The van der Waals surface area contributed by atoms with Crippen molar-refractivity contribution in [3.05, 3.63) is 48.3 Å². The molecular weight excluding hydrogens is 252 g/mol. The van der Waals surface area contributed by atoms with Crippen LogP contribution in [0.1, 0.15) is 5.56 Å². The molecule has 0 saturated heterocycles. The number of likely N-dealkylation sites (N-methyl/N-ethyl adjacent to an activating group) is 1. The van der Waals surface area contributed by atoms with Crippen LogP contribution in [0.3, 0.4) is 0 Å². The maximum atomic E-state index is 5.61. The van der Waals surface area contributed by atoms with Crippen LogP contribution in [0.4, 0.5) is 5.82 Å². The first-order valence-electron chi connectivity index (χ1n) is 6.61. The number of aromatic nitrogens is 2. The van der Waals surface area contributed by atoms with Crippen LogP contribution in [0, 0.1) is 0 Å². The zero-order valence-corrected chi connectivity index (χ0v) is 11.9.